The van der Waals surface area contributed by atoms with Crippen molar-refractivity contribution >= 4 is 23.5 Å². The number of hydrogen-bond donors (Lipinski definition) is 2. The van der Waals surface area contributed by atoms with E-state index in [-0.39, 0.29) is 18.7 Å². The van der Waals surface area contributed by atoms with Crippen LogP contribution in [0, 0.1) is 5.92 Å². The number of hydrogen-bond acceptors (Lipinski definition) is 3. The van der Waals surface area contributed by atoms with Crippen LogP contribution >= 0.6 is 11.8 Å². The number of amides is 2. The quantitative estimate of drug-likeness (QED) is 0.794. The van der Waals surface area contributed by atoms with Crippen LogP contribution in [0.1, 0.15) is 25.7 Å². The number of urea groups is 1. The summed E-state index contributed by atoms with van der Waals surface area (Å²) in [6.45, 7) is 0.206. The number of anilines is 1. The number of carbonyl (C=O) groups is 1. The number of alkyl halides is 2. The molecule has 0 aromatic heterocycles. The monoisotopic (exact) mass is 344 g/mol. The first kappa shape index (κ1) is 18.0. The summed E-state index contributed by atoms with van der Waals surface area (Å²) in [4.78, 5) is 14.4. The summed E-state index contributed by atoms with van der Waals surface area (Å²) in [5.41, 5.74) is 0.511. The summed E-state index contributed by atoms with van der Waals surface area (Å²) in [6.07, 6.45) is 3.57. The number of carbonyl (C=O) groups excluding carboxylic acids is 1. The van der Waals surface area contributed by atoms with E-state index in [1.54, 1.807) is 36.2 Å². The maximum Gasteiger partial charge on any atom is 0.321 e. The van der Waals surface area contributed by atoms with Crippen molar-refractivity contribution in [2.45, 2.75) is 42.4 Å². The molecule has 0 heterocycles. The van der Waals surface area contributed by atoms with Crippen LogP contribution < -0.4 is 5.32 Å². The molecule has 1 aliphatic rings. The standard InChI is InChI=1S/C16H22F2N2O2S/c1-20(13-7-5-11(10-21)6-8-13)16(22)19-12-3-2-4-14(9-12)23-15(17)18/h2-4,9,11,13,15,21H,5-8,10H2,1H3,(H,19,22). The van der Waals surface area contributed by atoms with Crippen LogP contribution in [0.3, 0.4) is 0 Å². The molecule has 0 radical (unpaired) electrons. The van der Waals surface area contributed by atoms with Crippen LogP contribution in [0.2, 0.25) is 0 Å². The van der Waals surface area contributed by atoms with E-state index in [9.17, 15) is 13.6 Å². The second kappa shape index (κ2) is 8.49. The van der Waals surface area contributed by atoms with Gasteiger partial charge < -0.3 is 15.3 Å². The third kappa shape index (κ3) is 5.35. The van der Waals surface area contributed by atoms with Crippen LogP contribution in [-0.4, -0.2) is 41.5 Å². The van der Waals surface area contributed by atoms with E-state index in [0.717, 1.165) is 25.7 Å². The molecule has 1 fully saturated rings. The number of halogens is 2. The minimum absolute atomic E-state index is 0.149. The molecule has 7 heteroatoms. The average Bonchev–Trinajstić information content (AvgIpc) is 2.54. The summed E-state index contributed by atoms with van der Waals surface area (Å²) in [5, 5.41) is 11.9. The molecular formula is C16H22F2N2O2S. The van der Waals surface area contributed by atoms with Crippen LogP contribution in [0.25, 0.3) is 0 Å². The second-order valence-corrected chi connectivity index (χ2v) is 6.87. The fourth-order valence-corrected chi connectivity index (χ4v) is 3.40. The average molecular weight is 344 g/mol. The summed E-state index contributed by atoms with van der Waals surface area (Å²) in [5.74, 6) is -2.14. The number of aliphatic hydroxyl groups excluding tert-OH is 1. The number of nitrogens with one attached hydrogen (secondary N) is 1. The second-order valence-electron chi connectivity index (χ2n) is 5.80. The number of benzene rings is 1. The smallest absolute Gasteiger partial charge is 0.321 e. The molecule has 2 rings (SSSR count). The first-order valence-electron chi connectivity index (χ1n) is 7.69. The van der Waals surface area contributed by atoms with Crippen LogP contribution in [0.15, 0.2) is 29.2 Å². The minimum Gasteiger partial charge on any atom is -0.396 e. The van der Waals surface area contributed by atoms with Crippen molar-refractivity contribution in [1.29, 1.82) is 0 Å². The van der Waals surface area contributed by atoms with Crippen molar-refractivity contribution in [1.82, 2.24) is 4.90 Å². The molecule has 2 N–H and O–H groups in total. The highest BCUT2D eigenvalue weighted by atomic mass is 32.2. The highest BCUT2D eigenvalue weighted by molar-refractivity contribution is 7.99. The van der Waals surface area contributed by atoms with Gasteiger partial charge in [-0.25, -0.2) is 4.79 Å². The molecule has 0 unspecified atom stereocenters. The van der Waals surface area contributed by atoms with Gasteiger partial charge in [0.25, 0.3) is 5.76 Å². The Morgan fingerprint density at radius 3 is 2.70 bits per heavy atom. The van der Waals surface area contributed by atoms with E-state index in [2.05, 4.69) is 5.32 Å². The maximum absolute atomic E-state index is 12.4. The Bertz CT molecular complexity index is 523. The molecule has 0 aliphatic heterocycles. The predicted molar refractivity (Wildman–Crippen MR) is 87.9 cm³/mol. The van der Waals surface area contributed by atoms with Crippen molar-refractivity contribution in [3.05, 3.63) is 24.3 Å². The zero-order chi connectivity index (χ0) is 16.8. The molecule has 23 heavy (non-hydrogen) atoms. The van der Waals surface area contributed by atoms with E-state index >= 15 is 0 Å². The third-order valence-electron chi connectivity index (χ3n) is 4.25. The Kier molecular flexibility index (Phi) is 6.65. The predicted octanol–water partition coefficient (Wildman–Crippen LogP) is 4.02. The molecule has 1 aromatic carbocycles. The van der Waals surface area contributed by atoms with E-state index in [1.807, 2.05) is 0 Å². The van der Waals surface area contributed by atoms with Crippen LogP contribution in [0.5, 0.6) is 0 Å². The largest absolute Gasteiger partial charge is 0.396 e. The number of nitrogens with zero attached hydrogens (tertiary/aromatic N) is 1. The molecule has 1 aromatic rings. The van der Waals surface area contributed by atoms with Crippen molar-refractivity contribution < 1.29 is 18.7 Å². The molecule has 0 atom stereocenters. The lowest BCUT2D eigenvalue weighted by molar-refractivity contribution is 0.139. The lowest BCUT2D eigenvalue weighted by Gasteiger charge is -2.34. The molecule has 2 amide bonds. The van der Waals surface area contributed by atoms with Gasteiger partial charge in [0, 0.05) is 30.3 Å². The summed E-state index contributed by atoms with van der Waals surface area (Å²) in [7, 11) is 1.75. The molecular weight excluding hydrogens is 322 g/mol. The Morgan fingerprint density at radius 2 is 2.09 bits per heavy atom. The molecule has 128 valence electrons. The summed E-state index contributed by atoms with van der Waals surface area (Å²) >= 11 is 0.457. The van der Waals surface area contributed by atoms with Gasteiger partial charge in [-0.1, -0.05) is 17.8 Å². The minimum atomic E-state index is -2.48. The Hall–Kier alpha value is -1.34. The first-order valence-corrected chi connectivity index (χ1v) is 8.57. The molecule has 1 aliphatic carbocycles. The summed E-state index contributed by atoms with van der Waals surface area (Å²) < 4.78 is 24.8. The van der Waals surface area contributed by atoms with Gasteiger partial charge in [0.15, 0.2) is 0 Å². The van der Waals surface area contributed by atoms with E-state index in [4.69, 9.17) is 5.11 Å². The van der Waals surface area contributed by atoms with Gasteiger partial charge in [0.05, 0.1) is 0 Å². The molecule has 0 bridgehead atoms. The van der Waals surface area contributed by atoms with Gasteiger partial charge in [-0.2, -0.15) is 8.78 Å². The van der Waals surface area contributed by atoms with E-state index in [1.165, 1.54) is 0 Å². The van der Waals surface area contributed by atoms with Gasteiger partial charge in [0.1, 0.15) is 0 Å². The zero-order valence-electron chi connectivity index (χ0n) is 13.0. The first-order chi connectivity index (χ1) is 11.0. The van der Waals surface area contributed by atoms with Gasteiger partial charge in [-0.05, 0) is 49.8 Å². The van der Waals surface area contributed by atoms with Gasteiger partial charge in [0.2, 0.25) is 0 Å². The lowest BCUT2D eigenvalue weighted by atomic mass is 9.86. The van der Waals surface area contributed by atoms with Crippen molar-refractivity contribution in [3.63, 3.8) is 0 Å². The fourth-order valence-electron chi connectivity index (χ4n) is 2.84. The number of thioether (sulfide) groups is 1. The Morgan fingerprint density at radius 1 is 1.39 bits per heavy atom. The zero-order valence-corrected chi connectivity index (χ0v) is 13.9. The Balaban J connectivity index is 1.91. The summed E-state index contributed by atoms with van der Waals surface area (Å²) in [6, 6.07) is 6.38. The topological polar surface area (TPSA) is 52.6 Å². The lowest BCUT2D eigenvalue weighted by Crippen LogP contribution is -2.42. The molecule has 1 saturated carbocycles. The highest BCUT2D eigenvalue weighted by Gasteiger charge is 2.26. The highest BCUT2D eigenvalue weighted by Crippen LogP contribution is 2.29. The van der Waals surface area contributed by atoms with Gasteiger partial charge >= 0.3 is 6.03 Å². The van der Waals surface area contributed by atoms with E-state index < -0.39 is 5.76 Å². The third-order valence-corrected chi connectivity index (χ3v) is 4.96. The molecule has 4 nitrogen and oxygen atoms in total. The molecule has 0 saturated heterocycles. The van der Waals surface area contributed by atoms with Crippen LogP contribution in [-0.2, 0) is 0 Å². The fraction of sp³-hybridized carbons (Fsp3) is 0.562. The van der Waals surface area contributed by atoms with E-state index in [0.29, 0.717) is 28.3 Å². The van der Waals surface area contributed by atoms with Crippen molar-refractivity contribution in [3.8, 4) is 0 Å². The van der Waals surface area contributed by atoms with Gasteiger partial charge in [-0.15, -0.1) is 0 Å². The van der Waals surface area contributed by atoms with Crippen molar-refractivity contribution in [2.24, 2.45) is 5.92 Å². The van der Waals surface area contributed by atoms with Crippen LogP contribution in [0.4, 0.5) is 19.3 Å². The maximum atomic E-state index is 12.4. The Labute approximate surface area is 139 Å². The van der Waals surface area contributed by atoms with Gasteiger partial charge in [-0.3, -0.25) is 0 Å². The number of rotatable bonds is 5. The number of aliphatic hydroxyl groups is 1. The molecule has 0 spiro atoms. The van der Waals surface area contributed by atoms with Crippen molar-refractivity contribution in [2.75, 3.05) is 19.0 Å². The SMILES string of the molecule is CN(C(=O)Nc1cccc(SC(F)F)c1)C1CCC(CO)CC1. The normalized spacial score (nSPS) is 21.3.